The molecule has 0 spiro atoms. The van der Waals surface area contributed by atoms with Crippen LogP contribution in [0.1, 0.15) is 15.9 Å². The molecule has 0 atom stereocenters. The number of para-hydroxylation sites is 1. The molecule has 0 unspecified atom stereocenters. The normalized spacial score (nSPS) is 15.8. The molecule has 0 N–H and O–H groups in total. The molecule has 1 saturated heterocycles. The summed E-state index contributed by atoms with van der Waals surface area (Å²) in [4.78, 5) is 19.3. The van der Waals surface area contributed by atoms with Crippen LogP contribution < -0.4 is 0 Å². The number of carbonyl (C=O) groups excluding carboxylic acids is 1. The van der Waals surface area contributed by atoms with Crippen LogP contribution in [0.15, 0.2) is 59.6 Å². The molecule has 2 aromatic rings. The molecule has 1 heterocycles. The third-order valence-corrected chi connectivity index (χ3v) is 4.92. The maximum Gasteiger partial charge on any atom is 0.416 e. The van der Waals surface area contributed by atoms with Gasteiger partial charge in [-0.1, -0.05) is 30.3 Å². The second-order valence-corrected chi connectivity index (χ2v) is 7.00. The van der Waals surface area contributed by atoms with Gasteiger partial charge < -0.3 is 4.90 Å². The largest absolute Gasteiger partial charge is 0.416 e. The predicted molar refractivity (Wildman–Crippen MR) is 98.2 cm³/mol. The van der Waals surface area contributed by atoms with Crippen LogP contribution in [0.5, 0.6) is 0 Å². The third kappa shape index (κ3) is 4.46. The van der Waals surface area contributed by atoms with Gasteiger partial charge in [0, 0.05) is 30.2 Å². The van der Waals surface area contributed by atoms with Crippen LogP contribution >= 0.6 is 11.8 Å². The number of nitrogens with zero attached hydrogens (tertiary/aromatic N) is 2. The lowest BCUT2D eigenvalue weighted by molar-refractivity contribution is -0.137. The monoisotopic (exact) mass is 378 g/mol. The van der Waals surface area contributed by atoms with E-state index in [4.69, 9.17) is 0 Å². The second-order valence-electron chi connectivity index (χ2n) is 5.77. The Morgan fingerprint density at radius 2 is 1.58 bits per heavy atom. The number of carbonyl (C=O) groups is 1. The summed E-state index contributed by atoms with van der Waals surface area (Å²) in [6.45, 7) is 1.37. The molecule has 1 fully saturated rings. The van der Waals surface area contributed by atoms with E-state index in [9.17, 15) is 18.0 Å². The molecular weight excluding hydrogens is 361 g/mol. The van der Waals surface area contributed by atoms with Gasteiger partial charge in [0.25, 0.3) is 0 Å². The predicted octanol–water partition coefficient (Wildman–Crippen LogP) is 4.67. The summed E-state index contributed by atoms with van der Waals surface area (Å²) in [5.41, 5.74) is 0.0665. The van der Waals surface area contributed by atoms with Crippen LogP contribution in [0.25, 0.3) is 0 Å². The van der Waals surface area contributed by atoms with E-state index in [1.165, 1.54) is 12.1 Å². The molecule has 0 amide bonds. The first-order valence-electron chi connectivity index (χ1n) is 8.13. The maximum absolute atomic E-state index is 12.9. The highest BCUT2D eigenvalue weighted by molar-refractivity contribution is 7.99. The first kappa shape index (κ1) is 18.5. The fraction of sp³-hybridized carbons (Fsp3) is 0.263. The van der Waals surface area contributed by atoms with E-state index in [0.717, 1.165) is 23.6 Å². The van der Waals surface area contributed by atoms with Gasteiger partial charge in [-0.15, -0.1) is 0 Å². The van der Waals surface area contributed by atoms with Gasteiger partial charge in [0.05, 0.1) is 11.3 Å². The van der Waals surface area contributed by atoms with Crippen LogP contribution in [0.4, 0.5) is 18.9 Å². The quantitative estimate of drug-likeness (QED) is 0.442. The Hall–Kier alpha value is -2.28. The first-order valence-corrected chi connectivity index (χ1v) is 9.29. The summed E-state index contributed by atoms with van der Waals surface area (Å²) in [5, 5.41) is 0. The molecule has 2 aromatic carbocycles. The first-order chi connectivity index (χ1) is 12.4. The molecule has 0 aromatic heterocycles. The van der Waals surface area contributed by atoms with Crippen LogP contribution in [-0.4, -0.2) is 41.1 Å². The smallest absolute Gasteiger partial charge is 0.352 e. The molecule has 0 bridgehead atoms. The summed E-state index contributed by atoms with van der Waals surface area (Å²) in [6.07, 6.45) is -4.42. The van der Waals surface area contributed by atoms with Gasteiger partial charge in [-0.3, -0.25) is 4.79 Å². The number of hydrogen-bond donors (Lipinski definition) is 0. The van der Waals surface area contributed by atoms with E-state index in [2.05, 4.69) is 4.99 Å². The minimum absolute atomic E-state index is 0.200. The summed E-state index contributed by atoms with van der Waals surface area (Å²) in [7, 11) is 0. The molecule has 26 heavy (non-hydrogen) atoms. The Morgan fingerprint density at radius 1 is 0.962 bits per heavy atom. The standard InChI is InChI=1S/C19H17F3N2OS/c20-19(21,22)15-8-6-14(7-9-15)17(25)18(24-10-12-26-13-11-24)23-16-4-2-1-3-5-16/h1-9H,10-13H2. The Labute approximate surface area is 153 Å². The van der Waals surface area contributed by atoms with E-state index in [1.54, 1.807) is 23.9 Å². The van der Waals surface area contributed by atoms with Gasteiger partial charge in [0.2, 0.25) is 5.78 Å². The fourth-order valence-electron chi connectivity index (χ4n) is 2.60. The van der Waals surface area contributed by atoms with Gasteiger partial charge in [0.1, 0.15) is 0 Å². The van der Waals surface area contributed by atoms with Crippen LogP contribution in [-0.2, 0) is 6.18 Å². The highest BCUT2D eigenvalue weighted by atomic mass is 32.2. The highest BCUT2D eigenvalue weighted by Gasteiger charge is 2.31. The van der Waals surface area contributed by atoms with E-state index in [-0.39, 0.29) is 17.2 Å². The minimum atomic E-state index is -4.42. The van der Waals surface area contributed by atoms with Crippen LogP contribution in [0, 0.1) is 0 Å². The molecule has 0 aliphatic carbocycles. The number of hydrogen-bond acceptors (Lipinski definition) is 3. The van der Waals surface area contributed by atoms with Gasteiger partial charge in [-0.05, 0) is 24.3 Å². The number of amidine groups is 1. The van der Waals surface area contributed by atoms with Crippen molar-refractivity contribution in [3.05, 3.63) is 65.7 Å². The molecule has 3 nitrogen and oxygen atoms in total. The van der Waals surface area contributed by atoms with E-state index in [0.29, 0.717) is 18.8 Å². The third-order valence-electron chi connectivity index (χ3n) is 3.98. The highest BCUT2D eigenvalue weighted by Crippen LogP contribution is 2.29. The summed E-state index contributed by atoms with van der Waals surface area (Å²) in [5.74, 6) is 1.67. The van der Waals surface area contributed by atoms with Crippen LogP contribution in [0.3, 0.4) is 0 Å². The molecular formula is C19H17F3N2OS. The lowest BCUT2D eigenvalue weighted by atomic mass is 10.1. The van der Waals surface area contributed by atoms with Crippen molar-refractivity contribution >= 4 is 29.1 Å². The molecule has 0 radical (unpaired) electrons. The molecule has 136 valence electrons. The zero-order chi connectivity index (χ0) is 18.6. The Bertz CT molecular complexity index is 783. The molecule has 0 saturated carbocycles. The topological polar surface area (TPSA) is 32.7 Å². The van der Waals surface area contributed by atoms with Crippen molar-refractivity contribution in [1.82, 2.24) is 4.90 Å². The number of thioether (sulfide) groups is 1. The van der Waals surface area contributed by atoms with Gasteiger partial charge in [-0.2, -0.15) is 24.9 Å². The maximum atomic E-state index is 12.9. The number of halogens is 3. The lowest BCUT2D eigenvalue weighted by Crippen LogP contribution is -2.42. The van der Waals surface area contributed by atoms with E-state index in [1.807, 2.05) is 23.1 Å². The Kier molecular flexibility index (Phi) is 5.66. The second kappa shape index (κ2) is 7.95. The Morgan fingerprint density at radius 3 is 2.15 bits per heavy atom. The van der Waals surface area contributed by atoms with Crippen molar-refractivity contribution in [3.63, 3.8) is 0 Å². The molecule has 1 aliphatic rings. The van der Waals surface area contributed by atoms with Crippen LogP contribution in [0.2, 0.25) is 0 Å². The van der Waals surface area contributed by atoms with Gasteiger partial charge in [-0.25, -0.2) is 4.99 Å². The molecule has 7 heteroatoms. The number of ketones is 1. The summed E-state index contributed by atoms with van der Waals surface area (Å²) >= 11 is 1.80. The summed E-state index contributed by atoms with van der Waals surface area (Å²) < 4.78 is 38.2. The van der Waals surface area contributed by atoms with Crippen molar-refractivity contribution in [1.29, 1.82) is 0 Å². The van der Waals surface area contributed by atoms with Gasteiger partial charge in [0.15, 0.2) is 5.84 Å². The number of rotatable bonds is 3. The fourth-order valence-corrected chi connectivity index (χ4v) is 3.51. The minimum Gasteiger partial charge on any atom is -0.352 e. The SMILES string of the molecule is O=C(C(=Nc1ccccc1)N1CCSCC1)c1ccc(C(F)(F)F)cc1. The van der Waals surface area contributed by atoms with Crippen molar-refractivity contribution in [3.8, 4) is 0 Å². The molecule has 1 aliphatic heterocycles. The summed E-state index contributed by atoms with van der Waals surface area (Å²) in [6, 6.07) is 13.4. The number of benzene rings is 2. The number of aliphatic imine (C=N–C) groups is 1. The van der Waals surface area contributed by atoms with Gasteiger partial charge >= 0.3 is 6.18 Å². The van der Waals surface area contributed by atoms with E-state index < -0.39 is 11.7 Å². The zero-order valence-corrected chi connectivity index (χ0v) is 14.7. The van der Waals surface area contributed by atoms with Crippen molar-refractivity contribution in [2.24, 2.45) is 4.99 Å². The average Bonchev–Trinajstić information content (AvgIpc) is 2.66. The number of Topliss-reactive ketones (excluding diaryl/α,β-unsaturated/α-hetero) is 1. The average molecular weight is 378 g/mol. The lowest BCUT2D eigenvalue weighted by Gasteiger charge is -2.28. The van der Waals surface area contributed by atoms with Crippen molar-refractivity contribution < 1.29 is 18.0 Å². The number of alkyl halides is 3. The molecule has 3 rings (SSSR count). The van der Waals surface area contributed by atoms with Crippen molar-refractivity contribution in [2.45, 2.75) is 6.18 Å². The van der Waals surface area contributed by atoms with E-state index >= 15 is 0 Å². The zero-order valence-electron chi connectivity index (χ0n) is 13.9. The van der Waals surface area contributed by atoms with Crippen molar-refractivity contribution in [2.75, 3.05) is 24.6 Å². The Balaban J connectivity index is 1.93.